The number of nitrogens with one attached hydrogen (secondary N) is 1. The summed E-state index contributed by atoms with van der Waals surface area (Å²) >= 11 is 0. The molecule has 1 aromatic rings. The minimum atomic E-state index is 0.490. The van der Waals surface area contributed by atoms with E-state index in [1.54, 1.807) is 0 Å². The van der Waals surface area contributed by atoms with Gasteiger partial charge in [0.2, 0.25) is 0 Å². The van der Waals surface area contributed by atoms with Gasteiger partial charge in [0.1, 0.15) is 5.75 Å². The van der Waals surface area contributed by atoms with E-state index in [4.69, 9.17) is 4.74 Å². The molecule has 1 N–H and O–H groups in total. The molecule has 1 aromatic carbocycles. The van der Waals surface area contributed by atoms with Crippen LogP contribution < -0.4 is 15.0 Å². The molecule has 0 amide bonds. The van der Waals surface area contributed by atoms with Gasteiger partial charge in [-0.05, 0) is 45.9 Å². The Kier molecular flexibility index (Phi) is 4.48. The predicted molar refractivity (Wildman–Crippen MR) is 76.5 cm³/mol. The van der Waals surface area contributed by atoms with Gasteiger partial charge in [-0.15, -0.1) is 0 Å². The largest absolute Gasteiger partial charge is 0.492 e. The fourth-order valence-electron chi connectivity index (χ4n) is 2.72. The number of ether oxygens (including phenoxy) is 1. The summed E-state index contributed by atoms with van der Waals surface area (Å²) in [7, 11) is 0. The normalized spacial score (nSPS) is 24.7. The Bertz CT molecular complexity index is 369. The van der Waals surface area contributed by atoms with Gasteiger partial charge in [0.05, 0.1) is 12.3 Å². The second kappa shape index (κ2) is 6.10. The summed E-state index contributed by atoms with van der Waals surface area (Å²) in [6.45, 7) is 9.45. The van der Waals surface area contributed by atoms with Gasteiger partial charge >= 0.3 is 0 Å². The Morgan fingerprint density at radius 2 is 2.06 bits per heavy atom. The predicted octanol–water partition coefficient (Wildman–Crippen LogP) is 2.66. The zero-order valence-electron chi connectivity index (χ0n) is 11.6. The summed E-state index contributed by atoms with van der Waals surface area (Å²) in [6.07, 6.45) is 1.17. The number of para-hydroxylation sites is 2. The highest BCUT2D eigenvalue weighted by molar-refractivity contribution is 5.59. The second-order valence-corrected chi connectivity index (χ2v) is 5.00. The molecule has 1 saturated heterocycles. The average molecular weight is 248 g/mol. The van der Waals surface area contributed by atoms with E-state index < -0.39 is 0 Å². The zero-order chi connectivity index (χ0) is 13.0. The third kappa shape index (κ3) is 2.78. The van der Waals surface area contributed by atoms with E-state index in [9.17, 15) is 0 Å². The Balaban J connectivity index is 2.32. The van der Waals surface area contributed by atoms with Crippen LogP contribution >= 0.6 is 0 Å². The van der Waals surface area contributed by atoms with E-state index >= 15 is 0 Å². The minimum absolute atomic E-state index is 0.490. The third-order valence-corrected chi connectivity index (χ3v) is 3.57. The molecule has 0 aromatic heterocycles. The maximum Gasteiger partial charge on any atom is 0.142 e. The second-order valence-electron chi connectivity index (χ2n) is 5.00. The van der Waals surface area contributed by atoms with Gasteiger partial charge in [-0.1, -0.05) is 12.1 Å². The molecule has 1 fully saturated rings. The molecule has 2 rings (SSSR count). The molecule has 0 spiro atoms. The van der Waals surface area contributed by atoms with Crippen molar-refractivity contribution in [2.45, 2.75) is 39.3 Å². The van der Waals surface area contributed by atoms with E-state index in [0.717, 1.165) is 18.8 Å². The first kappa shape index (κ1) is 13.2. The summed E-state index contributed by atoms with van der Waals surface area (Å²) in [6, 6.07) is 9.40. The van der Waals surface area contributed by atoms with Crippen molar-refractivity contribution < 1.29 is 4.74 Å². The van der Waals surface area contributed by atoms with Crippen LogP contribution in [-0.4, -0.2) is 31.8 Å². The highest BCUT2D eigenvalue weighted by Gasteiger charge is 2.25. The molecule has 18 heavy (non-hydrogen) atoms. The molecular formula is C15H24N2O. The van der Waals surface area contributed by atoms with Crippen LogP contribution in [0, 0.1) is 0 Å². The lowest BCUT2D eigenvalue weighted by molar-refractivity contribution is 0.338. The summed E-state index contributed by atoms with van der Waals surface area (Å²) in [5.74, 6) is 1.00. The molecular weight excluding hydrogens is 224 g/mol. The van der Waals surface area contributed by atoms with Gasteiger partial charge in [0.25, 0.3) is 0 Å². The first-order valence-corrected chi connectivity index (χ1v) is 6.95. The highest BCUT2D eigenvalue weighted by atomic mass is 16.5. The molecule has 3 nitrogen and oxygen atoms in total. The SMILES string of the molecule is CCOc1ccccc1N1C(C)CCNCC1C. The summed E-state index contributed by atoms with van der Waals surface area (Å²) in [5.41, 5.74) is 1.23. The molecule has 1 aliphatic heterocycles. The van der Waals surface area contributed by atoms with Gasteiger partial charge in [0.15, 0.2) is 0 Å². The molecule has 2 atom stereocenters. The van der Waals surface area contributed by atoms with E-state index in [1.165, 1.54) is 12.1 Å². The number of hydrogen-bond acceptors (Lipinski definition) is 3. The maximum atomic E-state index is 5.77. The van der Waals surface area contributed by atoms with E-state index in [2.05, 4.69) is 42.3 Å². The van der Waals surface area contributed by atoms with Gasteiger partial charge < -0.3 is 15.0 Å². The monoisotopic (exact) mass is 248 g/mol. The van der Waals surface area contributed by atoms with E-state index in [-0.39, 0.29) is 0 Å². The van der Waals surface area contributed by atoms with Crippen molar-refractivity contribution in [3.63, 3.8) is 0 Å². The van der Waals surface area contributed by atoms with Crippen molar-refractivity contribution >= 4 is 5.69 Å². The number of hydrogen-bond donors (Lipinski definition) is 1. The van der Waals surface area contributed by atoms with Crippen molar-refractivity contribution in [3.8, 4) is 5.75 Å². The Morgan fingerprint density at radius 3 is 2.83 bits per heavy atom. The minimum Gasteiger partial charge on any atom is -0.492 e. The summed E-state index contributed by atoms with van der Waals surface area (Å²) < 4.78 is 5.77. The van der Waals surface area contributed by atoms with Gasteiger partial charge in [-0.25, -0.2) is 0 Å². The molecule has 0 aliphatic carbocycles. The van der Waals surface area contributed by atoms with Crippen LogP contribution in [0.4, 0.5) is 5.69 Å². The topological polar surface area (TPSA) is 24.5 Å². The van der Waals surface area contributed by atoms with Crippen LogP contribution in [0.1, 0.15) is 27.2 Å². The van der Waals surface area contributed by atoms with Crippen molar-refractivity contribution in [3.05, 3.63) is 24.3 Å². The van der Waals surface area contributed by atoms with Gasteiger partial charge in [0, 0.05) is 18.6 Å². The molecule has 100 valence electrons. The Morgan fingerprint density at radius 1 is 1.28 bits per heavy atom. The average Bonchev–Trinajstić information content (AvgIpc) is 2.52. The zero-order valence-corrected chi connectivity index (χ0v) is 11.6. The molecule has 0 radical (unpaired) electrons. The first-order valence-electron chi connectivity index (χ1n) is 6.95. The van der Waals surface area contributed by atoms with Gasteiger partial charge in [-0.2, -0.15) is 0 Å². The van der Waals surface area contributed by atoms with Crippen molar-refractivity contribution in [2.75, 3.05) is 24.6 Å². The van der Waals surface area contributed by atoms with Crippen molar-refractivity contribution in [1.29, 1.82) is 0 Å². The molecule has 1 heterocycles. The molecule has 1 aliphatic rings. The fourth-order valence-corrected chi connectivity index (χ4v) is 2.72. The van der Waals surface area contributed by atoms with E-state index in [1.807, 2.05) is 13.0 Å². The number of rotatable bonds is 3. The lowest BCUT2D eigenvalue weighted by atomic mass is 10.1. The Labute approximate surface area is 110 Å². The molecule has 0 saturated carbocycles. The van der Waals surface area contributed by atoms with Crippen LogP contribution in [-0.2, 0) is 0 Å². The number of benzene rings is 1. The highest BCUT2D eigenvalue weighted by Crippen LogP contribution is 2.32. The first-order chi connectivity index (χ1) is 8.74. The van der Waals surface area contributed by atoms with Crippen molar-refractivity contribution in [1.82, 2.24) is 5.32 Å². The van der Waals surface area contributed by atoms with Crippen LogP contribution in [0.2, 0.25) is 0 Å². The molecule has 2 unspecified atom stereocenters. The number of nitrogens with zero attached hydrogens (tertiary/aromatic N) is 1. The number of anilines is 1. The molecule has 3 heteroatoms. The summed E-state index contributed by atoms with van der Waals surface area (Å²) in [4.78, 5) is 2.49. The van der Waals surface area contributed by atoms with Crippen molar-refractivity contribution in [2.24, 2.45) is 0 Å². The lowest BCUT2D eigenvalue weighted by Gasteiger charge is -2.35. The molecule has 0 bridgehead atoms. The van der Waals surface area contributed by atoms with Crippen LogP contribution in [0.15, 0.2) is 24.3 Å². The van der Waals surface area contributed by atoms with Crippen LogP contribution in [0.5, 0.6) is 5.75 Å². The van der Waals surface area contributed by atoms with Crippen LogP contribution in [0.25, 0.3) is 0 Å². The third-order valence-electron chi connectivity index (χ3n) is 3.57. The quantitative estimate of drug-likeness (QED) is 0.890. The van der Waals surface area contributed by atoms with E-state index in [0.29, 0.717) is 18.7 Å². The standard InChI is InChI=1S/C15H24N2O/c1-4-18-15-8-6-5-7-14(15)17-12(2)9-10-16-11-13(17)3/h5-8,12-13,16H,4,9-11H2,1-3H3. The fraction of sp³-hybridized carbons (Fsp3) is 0.600. The maximum absolute atomic E-state index is 5.77. The smallest absolute Gasteiger partial charge is 0.142 e. The van der Waals surface area contributed by atoms with Crippen LogP contribution in [0.3, 0.4) is 0 Å². The lowest BCUT2D eigenvalue weighted by Crippen LogP contribution is -2.42. The van der Waals surface area contributed by atoms with Gasteiger partial charge in [-0.3, -0.25) is 0 Å². The summed E-state index contributed by atoms with van der Waals surface area (Å²) in [5, 5.41) is 3.50. The Hall–Kier alpha value is -1.22.